The normalized spacial score (nSPS) is 15.2. The van der Waals surface area contributed by atoms with Crippen LogP contribution in [-0.2, 0) is 9.47 Å². The van der Waals surface area contributed by atoms with Gasteiger partial charge in [0.15, 0.2) is 0 Å². The van der Waals surface area contributed by atoms with Crippen molar-refractivity contribution in [1.29, 1.82) is 0 Å². The Morgan fingerprint density at radius 1 is 1.50 bits per heavy atom. The van der Waals surface area contributed by atoms with Gasteiger partial charge in [0.2, 0.25) is 0 Å². The third-order valence-corrected chi connectivity index (χ3v) is 3.45. The summed E-state index contributed by atoms with van der Waals surface area (Å²) in [5.41, 5.74) is 6.52. The summed E-state index contributed by atoms with van der Waals surface area (Å²) in [5, 5.41) is 3.09. The number of ether oxygens (including phenoxy) is 2. The van der Waals surface area contributed by atoms with Gasteiger partial charge in [-0.25, -0.2) is 9.78 Å². The van der Waals surface area contributed by atoms with Gasteiger partial charge in [-0.2, -0.15) is 0 Å². The van der Waals surface area contributed by atoms with Crippen molar-refractivity contribution in [3.05, 3.63) is 17.8 Å². The zero-order valence-corrected chi connectivity index (χ0v) is 11.7. The van der Waals surface area contributed by atoms with Crippen LogP contribution in [-0.4, -0.2) is 37.3 Å². The number of aromatic nitrogens is 1. The van der Waals surface area contributed by atoms with Crippen LogP contribution in [0.1, 0.15) is 36.0 Å². The summed E-state index contributed by atoms with van der Waals surface area (Å²) in [7, 11) is 1.32. The number of nitrogens with zero attached hydrogens (tertiary/aromatic N) is 1. The Balaban J connectivity index is 1.84. The summed E-state index contributed by atoms with van der Waals surface area (Å²) < 4.78 is 10.4. The van der Waals surface area contributed by atoms with E-state index < -0.39 is 5.97 Å². The largest absolute Gasteiger partial charge is 0.465 e. The topological polar surface area (TPSA) is 86.5 Å². The monoisotopic (exact) mass is 279 g/mol. The van der Waals surface area contributed by atoms with Crippen molar-refractivity contribution in [3.8, 4) is 0 Å². The molecule has 1 saturated carbocycles. The van der Waals surface area contributed by atoms with Gasteiger partial charge >= 0.3 is 5.97 Å². The first-order chi connectivity index (χ1) is 9.72. The van der Waals surface area contributed by atoms with Crippen LogP contribution >= 0.6 is 0 Å². The van der Waals surface area contributed by atoms with Crippen molar-refractivity contribution in [2.24, 2.45) is 0 Å². The Bertz CT molecular complexity index is 459. The highest BCUT2D eigenvalue weighted by atomic mass is 16.5. The van der Waals surface area contributed by atoms with E-state index in [9.17, 15) is 4.79 Å². The second kappa shape index (κ2) is 7.09. The first-order valence-electron chi connectivity index (χ1n) is 6.90. The molecule has 0 spiro atoms. The summed E-state index contributed by atoms with van der Waals surface area (Å²) >= 11 is 0. The average molecular weight is 279 g/mol. The summed E-state index contributed by atoms with van der Waals surface area (Å²) in [4.78, 5) is 15.6. The highest BCUT2D eigenvalue weighted by Crippen LogP contribution is 2.22. The summed E-state index contributed by atoms with van der Waals surface area (Å²) in [6, 6.07) is 1.54. The SMILES string of the molecule is COC(=O)c1ccnc(NCCOC2CCCC2)c1N. The van der Waals surface area contributed by atoms with E-state index in [2.05, 4.69) is 15.0 Å². The molecule has 1 fully saturated rings. The van der Waals surface area contributed by atoms with Crippen molar-refractivity contribution < 1.29 is 14.3 Å². The van der Waals surface area contributed by atoms with Gasteiger partial charge in [-0.05, 0) is 18.9 Å². The minimum Gasteiger partial charge on any atom is -0.465 e. The minimum atomic E-state index is -0.463. The third-order valence-electron chi connectivity index (χ3n) is 3.45. The fourth-order valence-corrected chi connectivity index (χ4v) is 2.35. The van der Waals surface area contributed by atoms with E-state index in [0.29, 0.717) is 36.3 Å². The number of hydrogen-bond acceptors (Lipinski definition) is 6. The molecule has 0 bridgehead atoms. The van der Waals surface area contributed by atoms with Crippen molar-refractivity contribution in [2.45, 2.75) is 31.8 Å². The van der Waals surface area contributed by atoms with Crippen LogP contribution in [0.25, 0.3) is 0 Å². The molecule has 1 aliphatic rings. The van der Waals surface area contributed by atoms with Crippen molar-refractivity contribution in [1.82, 2.24) is 4.98 Å². The van der Waals surface area contributed by atoms with E-state index >= 15 is 0 Å². The zero-order valence-electron chi connectivity index (χ0n) is 11.7. The molecule has 20 heavy (non-hydrogen) atoms. The summed E-state index contributed by atoms with van der Waals surface area (Å²) in [6.45, 7) is 1.21. The van der Waals surface area contributed by atoms with Crippen LogP contribution in [0.15, 0.2) is 12.3 Å². The van der Waals surface area contributed by atoms with Crippen molar-refractivity contribution >= 4 is 17.5 Å². The molecule has 0 aliphatic heterocycles. The van der Waals surface area contributed by atoms with Crippen LogP contribution in [0, 0.1) is 0 Å². The van der Waals surface area contributed by atoms with Gasteiger partial charge in [-0.15, -0.1) is 0 Å². The predicted molar refractivity (Wildman–Crippen MR) is 76.7 cm³/mol. The molecule has 1 aliphatic carbocycles. The molecular weight excluding hydrogens is 258 g/mol. The van der Waals surface area contributed by atoms with Crippen molar-refractivity contribution in [2.75, 3.05) is 31.3 Å². The fourth-order valence-electron chi connectivity index (χ4n) is 2.35. The summed E-state index contributed by atoms with van der Waals surface area (Å²) in [5.74, 6) is 0.0260. The number of esters is 1. The van der Waals surface area contributed by atoms with Crippen LogP contribution in [0.2, 0.25) is 0 Å². The molecule has 6 heteroatoms. The molecule has 3 N–H and O–H groups in total. The quantitative estimate of drug-likeness (QED) is 0.610. The Labute approximate surface area is 118 Å². The number of hydrogen-bond donors (Lipinski definition) is 2. The maximum atomic E-state index is 11.5. The van der Waals surface area contributed by atoms with E-state index in [-0.39, 0.29) is 0 Å². The van der Waals surface area contributed by atoms with Gasteiger partial charge in [-0.1, -0.05) is 12.8 Å². The molecule has 0 aromatic carbocycles. The Kier molecular flexibility index (Phi) is 5.17. The van der Waals surface area contributed by atoms with Crippen LogP contribution in [0.4, 0.5) is 11.5 Å². The average Bonchev–Trinajstić information content (AvgIpc) is 2.97. The van der Waals surface area contributed by atoms with Gasteiger partial charge in [-0.3, -0.25) is 0 Å². The zero-order chi connectivity index (χ0) is 14.4. The molecule has 0 atom stereocenters. The van der Waals surface area contributed by atoms with Gasteiger partial charge in [0.1, 0.15) is 5.82 Å². The predicted octanol–water partition coefficient (Wildman–Crippen LogP) is 1.82. The summed E-state index contributed by atoms with van der Waals surface area (Å²) in [6.07, 6.45) is 6.74. The van der Waals surface area contributed by atoms with E-state index in [1.807, 2.05) is 0 Å². The molecular formula is C14H21N3O3. The molecule has 0 unspecified atom stereocenters. The van der Waals surface area contributed by atoms with Crippen molar-refractivity contribution in [3.63, 3.8) is 0 Å². The number of methoxy groups -OCH3 is 1. The van der Waals surface area contributed by atoms with E-state index in [1.54, 1.807) is 6.07 Å². The smallest absolute Gasteiger partial charge is 0.340 e. The van der Waals surface area contributed by atoms with Crippen LogP contribution < -0.4 is 11.1 Å². The van der Waals surface area contributed by atoms with Gasteiger partial charge in [0, 0.05) is 12.7 Å². The van der Waals surface area contributed by atoms with Gasteiger partial charge < -0.3 is 20.5 Å². The number of carbonyl (C=O) groups is 1. The highest BCUT2D eigenvalue weighted by molar-refractivity contribution is 5.97. The maximum absolute atomic E-state index is 11.5. The van der Waals surface area contributed by atoms with E-state index in [1.165, 1.54) is 26.1 Å². The second-order valence-corrected chi connectivity index (χ2v) is 4.82. The molecule has 1 aromatic heterocycles. The van der Waals surface area contributed by atoms with Gasteiger partial charge in [0.25, 0.3) is 0 Å². The highest BCUT2D eigenvalue weighted by Gasteiger charge is 2.16. The Morgan fingerprint density at radius 3 is 2.95 bits per heavy atom. The van der Waals surface area contributed by atoms with Crippen LogP contribution in [0.5, 0.6) is 0 Å². The molecule has 2 rings (SSSR count). The number of nitrogen functional groups attached to an aromatic ring is 1. The first-order valence-corrected chi connectivity index (χ1v) is 6.90. The minimum absolute atomic E-state index is 0.306. The molecule has 1 aromatic rings. The molecule has 0 saturated heterocycles. The number of carbonyl (C=O) groups excluding carboxylic acids is 1. The number of nitrogens with two attached hydrogens (primary N) is 1. The molecule has 6 nitrogen and oxygen atoms in total. The lowest BCUT2D eigenvalue weighted by Gasteiger charge is -2.13. The lowest BCUT2D eigenvalue weighted by Crippen LogP contribution is -2.17. The standard InChI is InChI=1S/C14H21N3O3/c1-19-14(18)11-6-7-16-13(12(11)15)17-8-9-20-10-4-2-3-5-10/h6-7,10H,2-5,8-9,15H2,1H3,(H,16,17). The molecule has 0 radical (unpaired) electrons. The number of rotatable bonds is 6. The van der Waals surface area contributed by atoms with Gasteiger partial charge in [0.05, 0.1) is 31.1 Å². The fraction of sp³-hybridized carbons (Fsp3) is 0.571. The van der Waals surface area contributed by atoms with E-state index in [4.69, 9.17) is 10.5 Å². The Hall–Kier alpha value is -1.82. The van der Waals surface area contributed by atoms with Crippen LogP contribution in [0.3, 0.4) is 0 Å². The number of anilines is 2. The number of pyridine rings is 1. The molecule has 1 heterocycles. The molecule has 110 valence electrons. The first kappa shape index (κ1) is 14.6. The third kappa shape index (κ3) is 3.60. The molecule has 0 amide bonds. The lowest BCUT2D eigenvalue weighted by atomic mass is 10.2. The Morgan fingerprint density at radius 2 is 2.25 bits per heavy atom. The lowest BCUT2D eigenvalue weighted by molar-refractivity contribution is 0.0602. The van der Waals surface area contributed by atoms with E-state index in [0.717, 1.165) is 12.8 Å². The maximum Gasteiger partial charge on any atom is 0.340 e. The number of nitrogens with one attached hydrogen (secondary N) is 1. The second-order valence-electron chi connectivity index (χ2n) is 4.82.